The highest BCUT2D eigenvalue weighted by molar-refractivity contribution is 7.98. The molecule has 0 radical (unpaired) electrons. The Morgan fingerprint density at radius 2 is 2.53 bits per heavy atom. The highest BCUT2D eigenvalue weighted by Crippen LogP contribution is 2.15. The van der Waals surface area contributed by atoms with Crippen molar-refractivity contribution in [3.05, 3.63) is 24.0 Å². The second-order valence-electron chi connectivity index (χ2n) is 3.68. The Kier molecular flexibility index (Phi) is 3.36. The fourth-order valence-corrected chi connectivity index (χ4v) is 2.15. The zero-order chi connectivity index (χ0) is 10.7. The molecular formula is C11H16N2OS. The van der Waals surface area contributed by atoms with Crippen molar-refractivity contribution in [2.45, 2.75) is 12.5 Å². The lowest BCUT2D eigenvalue weighted by atomic mass is 10.3. The van der Waals surface area contributed by atoms with Crippen molar-refractivity contribution in [3.63, 3.8) is 0 Å². The molecule has 15 heavy (non-hydrogen) atoms. The summed E-state index contributed by atoms with van der Waals surface area (Å²) in [7, 11) is 2.01. The quantitative estimate of drug-likeness (QED) is 0.781. The molecule has 0 aliphatic carbocycles. The molecule has 1 aromatic rings. The Morgan fingerprint density at radius 3 is 3.20 bits per heavy atom. The molecule has 0 amide bonds. The third kappa shape index (κ3) is 2.37. The van der Waals surface area contributed by atoms with Gasteiger partial charge in [-0.2, -0.15) is 11.8 Å². The molecule has 2 heterocycles. The van der Waals surface area contributed by atoms with Crippen LogP contribution >= 0.6 is 11.8 Å². The molecule has 0 fully saturated rings. The predicted molar refractivity (Wildman–Crippen MR) is 64.7 cm³/mol. The van der Waals surface area contributed by atoms with Gasteiger partial charge >= 0.3 is 0 Å². The summed E-state index contributed by atoms with van der Waals surface area (Å²) >= 11 is 1.86. The van der Waals surface area contributed by atoms with Crippen molar-refractivity contribution in [1.29, 1.82) is 0 Å². The van der Waals surface area contributed by atoms with Crippen LogP contribution in [0.3, 0.4) is 0 Å². The topological polar surface area (TPSA) is 26.5 Å². The van der Waals surface area contributed by atoms with E-state index in [4.69, 9.17) is 4.74 Å². The van der Waals surface area contributed by atoms with E-state index in [1.165, 1.54) is 0 Å². The Hall–Kier alpha value is -0.900. The normalized spacial score (nSPS) is 20.1. The number of rotatable bonds is 4. The molecular weight excluding hydrogens is 208 g/mol. The highest BCUT2D eigenvalue weighted by atomic mass is 32.2. The van der Waals surface area contributed by atoms with Gasteiger partial charge in [0, 0.05) is 13.2 Å². The van der Waals surface area contributed by atoms with E-state index in [2.05, 4.69) is 11.2 Å². The van der Waals surface area contributed by atoms with Crippen LogP contribution in [0.2, 0.25) is 0 Å². The van der Waals surface area contributed by atoms with E-state index in [0.29, 0.717) is 6.04 Å². The summed E-state index contributed by atoms with van der Waals surface area (Å²) in [5.41, 5.74) is 1.07. The lowest BCUT2D eigenvalue weighted by Gasteiger charge is -2.02. The van der Waals surface area contributed by atoms with Gasteiger partial charge in [0.25, 0.3) is 0 Å². The molecule has 1 aliphatic rings. The Bertz CT molecular complexity index is 359. The lowest BCUT2D eigenvalue weighted by molar-refractivity contribution is 0.314. The molecule has 0 aromatic carbocycles. The molecule has 1 atom stereocenters. The van der Waals surface area contributed by atoms with Crippen molar-refractivity contribution in [2.24, 2.45) is 12.0 Å². The van der Waals surface area contributed by atoms with E-state index in [-0.39, 0.29) is 0 Å². The minimum absolute atomic E-state index is 0.349. The summed E-state index contributed by atoms with van der Waals surface area (Å²) in [4.78, 5) is 4.59. The maximum absolute atomic E-state index is 5.61. The lowest BCUT2D eigenvalue weighted by Crippen LogP contribution is -2.07. The van der Waals surface area contributed by atoms with E-state index in [1.54, 1.807) is 0 Å². The van der Waals surface area contributed by atoms with E-state index in [9.17, 15) is 0 Å². The standard InChI is InChI=1S/C11H16N2OS/c1-13-6-3-4-10(13)11-12-9(8-14-11)5-7-15-2/h3-4,6,9H,5,7-8H2,1-2H3. The van der Waals surface area contributed by atoms with Crippen molar-refractivity contribution in [2.75, 3.05) is 18.6 Å². The Labute approximate surface area is 94.5 Å². The fraction of sp³-hybridized carbons (Fsp3) is 0.545. The molecule has 0 N–H and O–H groups in total. The van der Waals surface area contributed by atoms with Gasteiger partial charge in [-0.15, -0.1) is 0 Å². The van der Waals surface area contributed by atoms with Crippen LogP contribution in [0.15, 0.2) is 23.3 Å². The van der Waals surface area contributed by atoms with Crippen molar-refractivity contribution >= 4 is 17.7 Å². The molecule has 0 saturated carbocycles. The van der Waals surface area contributed by atoms with Crippen molar-refractivity contribution in [1.82, 2.24) is 4.57 Å². The van der Waals surface area contributed by atoms with Gasteiger partial charge in [0.15, 0.2) is 0 Å². The molecule has 4 heteroatoms. The zero-order valence-corrected chi connectivity index (χ0v) is 9.96. The first-order chi connectivity index (χ1) is 7.31. The van der Waals surface area contributed by atoms with Crippen LogP contribution in [0, 0.1) is 0 Å². The van der Waals surface area contributed by atoms with Gasteiger partial charge in [0.1, 0.15) is 12.3 Å². The summed E-state index contributed by atoms with van der Waals surface area (Å²) < 4.78 is 7.65. The molecule has 1 unspecified atom stereocenters. The minimum Gasteiger partial charge on any atom is -0.474 e. The van der Waals surface area contributed by atoms with E-state index in [0.717, 1.165) is 30.4 Å². The summed E-state index contributed by atoms with van der Waals surface area (Å²) in [6, 6.07) is 4.40. The Balaban J connectivity index is 2.03. The maximum Gasteiger partial charge on any atom is 0.233 e. The average molecular weight is 224 g/mol. The fourth-order valence-electron chi connectivity index (χ4n) is 1.64. The summed E-state index contributed by atoms with van der Waals surface area (Å²) in [5, 5.41) is 0. The first-order valence-corrected chi connectivity index (χ1v) is 6.52. The van der Waals surface area contributed by atoms with Crippen LogP contribution in [0.1, 0.15) is 12.1 Å². The van der Waals surface area contributed by atoms with Crippen LogP contribution < -0.4 is 0 Å². The minimum atomic E-state index is 0.349. The van der Waals surface area contributed by atoms with Crippen LogP contribution in [-0.2, 0) is 11.8 Å². The number of ether oxygens (including phenoxy) is 1. The number of aromatic nitrogens is 1. The number of thioether (sulfide) groups is 1. The molecule has 1 aliphatic heterocycles. The molecule has 3 nitrogen and oxygen atoms in total. The largest absolute Gasteiger partial charge is 0.474 e. The second kappa shape index (κ2) is 4.75. The molecule has 2 rings (SSSR count). The molecule has 0 spiro atoms. The van der Waals surface area contributed by atoms with Gasteiger partial charge in [-0.1, -0.05) is 0 Å². The SMILES string of the molecule is CSCCC1COC(c2cccn2C)=N1. The van der Waals surface area contributed by atoms with Crippen LogP contribution in [0.4, 0.5) is 0 Å². The van der Waals surface area contributed by atoms with Crippen molar-refractivity contribution < 1.29 is 4.74 Å². The number of nitrogens with zero attached hydrogens (tertiary/aromatic N) is 2. The number of aliphatic imine (C=N–C) groups is 1. The maximum atomic E-state index is 5.61. The monoisotopic (exact) mass is 224 g/mol. The van der Waals surface area contributed by atoms with Gasteiger partial charge < -0.3 is 9.30 Å². The Morgan fingerprint density at radius 1 is 1.67 bits per heavy atom. The smallest absolute Gasteiger partial charge is 0.233 e. The predicted octanol–water partition coefficient (Wildman–Crippen LogP) is 1.92. The summed E-state index contributed by atoms with van der Waals surface area (Å²) in [6.07, 6.45) is 5.24. The van der Waals surface area contributed by atoms with Gasteiger partial charge in [0.2, 0.25) is 5.90 Å². The van der Waals surface area contributed by atoms with E-state index < -0.39 is 0 Å². The average Bonchev–Trinajstić information content (AvgIpc) is 2.83. The molecule has 1 aromatic heterocycles. The van der Waals surface area contributed by atoms with Gasteiger partial charge in [-0.3, -0.25) is 0 Å². The van der Waals surface area contributed by atoms with Gasteiger partial charge in [-0.25, -0.2) is 4.99 Å². The number of hydrogen-bond acceptors (Lipinski definition) is 3. The van der Waals surface area contributed by atoms with Crippen LogP contribution in [0.5, 0.6) is 0 Å². The number of aryl methyl sites for hydroxylation is 1. The summed E-state index contributed by atoms with van der Waals surface area (Å²) in [5.74, 6) is 1.95. The molecule has 0 bridgehead atoms. The zero-order valence-electron chi connectivity index (χ0n) is 9.14. The molecule has 0 saturated heterocycles. The summed E-state index contributed by atoms with van der Waals surface area (Å²) in [6.45, 7) is 0.737. The van der Waals surface area contributed by atoms with Crippen LogP contribution in [0.25, 0.3) is 0 Å². The third-order valence-corrected chi connectivity index (χ3v) is 3.17. The van der Waals surface area contributed by atoms with Gasteiger partial charge in [-0.05, 0) is 30.6 Å². The first-order valence-electron chi connectivity index (χ1n) is 5.12. The first kappa shape index (κ1) is 10.6. The van der Waals surface area contributed by atoms with E-state index in [1.807, 2.05) is 41.7 Å². The van der Waals surface area contributed by atoms with Crippen molar-refractivity contribution in [3.8, 4) is 0 Å². The third-order valence-electron chi connectivity index (χ3n) is 2.53. The second-order valence-corrected chi connectivity index (χ2v) is 4.67. The van der Waals surface area contributed by atoms with Crippen LogP contribution in [-0.4, -0.2) is 35.1 Å². The van der Waals surface area contributed by atoms with Gasteiger partial charge in [0.05, 0.1) is 6.04 Å². The molecule has 82 valence electrons. The highest BCUT2D eigenvalue weighted by Gasteiger charge is 2.20. The number of hydrogen-bond donors (Lipinski definition) is 0. The van der Waals surface area contributed by atoms with E-state index >= 15 is 0 Å².